The monoisotopic (exact) mass is 303 g/mol. The molecule has 0 aliphatic heterocycles. The van der Waals surface area contributed by atoms with Gasteiger partial charge in [-0.05, 0) is 31.6 Å². The number of nitrogens with one attached hydrogen (secondary N) is 1. The van der Waals surface area contributed by atoms with Gasteiger partial charge in [0, 0.05) is 19.0 Å². The molecule has 1 aromatic carbocycles. The number of ketones is 1. The van der Waals surface area contributed by atoms with Crippen LogP contribution in [0.2, 0.25) is 0 Å². The molecule has 0 fully saturated rings. The van der Waals surface area contributed by atoms with Crippen LogP contribution in [0.25, 0.3) is 0 Å². The first-order valence-corrected chi connectivity index (χ1v) is 6.76. The van der Waals surface area contributed by atoms with Crippen LogP contribution in [0, 0.1) is 0 Å². The van der Waals surface area contributed by atoms with Crippen molar-refractivity contribution in [2.45, 2.75) is 20.3 Å². The summed E-state index contributed by atoms with van der Waals surface area (Å²) in [4.78, 5) is 23.3. The Morgan fingerprint density at radius 2 is 2.05 bits per heavy atom. The van der Waals surface area contributed by atoms with E-state index in [0.29, 0.717) is 11.1 Å². The lowest BCUT2D eigenvalue weighted by molar-refractivity contribution is -0.128. The Hall–Kier alpha value is -2.44. The Morgan fingerprint density at radius 1 is 1.36 bits per heavy atom. The number of rotatable bonds is 6. The van der Waals surface area contributed by atoms with Crippen LogP contribution in [0.1, 0.15) is 30.6 Å². The van der Waals surface area contributed by atoms with E-state index in [1.54, 1.807) is 56.7 Å². The van der Waals surface area contributed by atoms with Gasteiger partial charge >= 0.3 is 0 Å². The molecule has 0 heterocycles. The fraction of sp³-hybridized carbons (Fsp3) is 0.250. The summed E-state index contributed by atoms with van der Waals surface area (Å²) in [5, 5.41) is 9.86. The fourth-order valence-electron chi connectivity index (χ4n) is 1.86. The first-order valence-electron chi connectivity index (χ1n) is 6.76. The number of hydrogen-bond acceptors (Lipinski definition) is 5. The third kappa shape index (κ3) is 5.16. The molecular weight excluding hydrogens is 282 g/mol. The van der Waals surface area contributed by atoms with Gasteiger partial charge in [0.15, 0.2) is 5.78 Å². The molecule has 0 saturated heterocycles. The van der Waals surface area contributed by atoms with Crippen molar-refractivity contribution < 1.29 is 14.8 Å². The molecule has 0 unspecified atom stereocenters. The van der Waals surface area contributed by atoms with Crippen LogP contribution in [0.15, 0.2) is 47.6 Å². The molecule has 0 radical (unpaired) electrons. The second-order valence-corrected chi connectivity index (χ2v) is 5.00. The molecular formula is C16H21N3O3. The summed E-state index contributed by atoms with van der Waals surface area (Å²) in [5.41, 5.74) is 4.15. The van der Waals surface area contributed by atoms with Crippen LogP contribution in [0.5, 0.6) is 0 Å². The predicted molar refractivity (Wildman–Crippen MR) is 85.4 cm³/mol. The Balaban J connectivity index is 2.90. The maximum absolute atomic E-state index is 12.4. The van der Waals surface area contributed by atoms with Gasteiger partial charge in [-0.25, -0.2) is 11.3 Å². The van der Waals surface area contributed by atoms with Gasteiger partial charge in [-0.1, -0.05) is 29.9 Å². The van der Waals surface area contributed by atoms with E-state index in [-0.39, 0.29) is 12.2 Å². The number of anilines is 1. The highest BCUT2D eigenvalue weighted by Crippen LogP contribution is 2.16. The molecule has 0 aromatic heterocycles. The summed E-state index contributed by atoms with van der Waals surface area (Å²) in [7, 11) is 1.70. The largest absolute Gasteiger partial charge is 0.314 e. The van der Waals surface area contributed by atoms with Gasteiger partial charge in [-0.3, -0.25) is 14.8 Å². The van der Waals surface area contributed by atoms with Gasteiger partial charge in [0.1, 0.15) is 0 Å². The normalized spacial score (nSPS) is 12.0. The number of amides is 1. The first kappa shape index (κ1) is 17.6. The smallest absolute Gasteiger partial charge is 0.247 e. The van der Waals surface area contributed by atoms with Gasteiger partial charge < -0.3 is 5.01 Å². The molecule has 6 heteroatoms. The number of nitrogens with zero attached hydrogens (tertiary/aromatic N) is 1. The van der Waals surface area contributed by atoms with Crippen molar-refractivity contribution in [2.24, 2.45) is 5.84 Å². The summed E-state index contributed by atoms with van der Waals surface area (Å²) in [5.74, 6) is 5.05. The average molecular weight is 303 g/mol. The zero-order valence-corrected chi connectivity index (χ0v) is 13.0. The quantitative estimate of drug-likeness (QED) is 0.186. The number of Topliss-reactive ketones (excluding diaryl/α,β-unsaturated/α-hetero) is 1. The average Bonchev–Trinajstić information content (AvgIpc) is 2.51. The Morgan fingerprint density at radius 3 is 2.64 bits per heavy atom. The van der Waals surface area contributed by atoms with Crippen molar-refractivity contribution >= 4 is 17.4 Å². The summed E-state index contributed by atoms with van der Waals surface area (Å²) in [6.45, 7) is 3.50. The molecule has 0 aliphatic carbocycles. The second kappa shape index (κ2) is 8.11. The fourth-order valence-corrected chi connectivity index (χ4v) is 1.86. The summed E-state index contributed by atoms with van der Waals surface area (Å²) in [6.07, 6.45) is 3.38. The molecule has 0 bridgehead atoms. The molecule has 1 aromatic rings. The number of allylic oxidation sites excluding steroid dienone is 3. The topological polar surface area (TPSA) is 95.7 Å². The Bertz CT molecular complexity index is 619. The molecule has 0 aliphatic rings. The highest BCUT2D eigenvalue weighted by Gasteiger charge is 2.09. The standard InChI is InChI=1S/C16H21N3O3/c1-11(7-8-15(20)18-22)9-12(2)16(21)13-5-4-6-14(10-13)19(3)17/h4-7,9-10,22H,8,17H2,1-3H3,(H,18,20)/b11-7+,12-9+. The van der Waals surface area contributed by atoms with Crippen molar-refractivity contribution in [3.63, 3.8) is 0 Å². The number of benzene rings is 1. The Kier molecular flexibility index (Phi) is 6.49. The van der Waals surface area contributed by atoms with Crippen molar-refractivity contribution in [1.29, 1.82) is 0 Å². The van der Waals surface area contributed by atoms with Gasteiger partial charge in [-0.15, -0.1) is 0 Å². The molecule has 1 rings (SSSR count). The van der Waals surface area contributed by atoms with Crippen LogP contribution in [0.3, 0.4) is 0 Å². The molecule has 4 N–H and O–H groups in total. The number of hydrazine groups is 1. The van der Waals surface area contributed by atoms with E-state index in [9.17, 15) is 9.59 Å². The van der Waals surface area contributed by atoms with E-state index in [1.807, 2.05) is 6.07 Å². The lowest BCUT2D eigenvalue weighted by Gasteiger charge is -2.12. The molecule has 22 heavy (non-hydrogen) atoms. The highest BCUT2D eigenvalue weighted by atomic mass is 16.5. The number of carbonyl (C=O) groups is 2. The van der Waals surface area contributed by atoms with E-state index >= 15 is 0 Å². The van der Waals surface area contributed by atoms with Crippen LogP contribution < -0.4 is 16.3 Å². The SMILES string of the molecule is CC(=C\CC(=O)NO)/C=C(\C)C(=O)c1cccc(N(C)N)c1. The predicted octanol–water partition coefficient (Wildman–Crippen LogP) is 1.97. The summed E-state index contributed by atoms with van der Waals surface area (Å²) < 4.78 is 0. The third-order valence-electron chi connectivity index (χ3n) is 3.05. The third-order valence-corrected chi connectivity index (χ3v) is 3.05. The van der Waals surface area contributed by atoms with E-state index < -0.39 is 5.91 Å². The van der Waals surface area contributed by atoms with Crippen LogP contribution in [-0.4, -0.2) is 23.9 Å². The molecule has 118 valence electrons. The minimum absolute atomic E-state index is 0.0494. The first-order chi connectivity index (χ1) is 10.3. The molecule has 0 atom stereocenters. The van der Waals surface area contributed by atoms with Crippen LogP contribution in [0.4, 0.5) is 5.69 Å². The lowest BCUT2D eigenvalue weighted by Crippen LogP contribution is -2.25. The van der Waals surface area contributed by atoms with Gasteiger partial charge in [0.2, 0.25) is 5.91 Å². The Labute approximate surface area is 129 Å². The highest BCUT2D eigenvalue weighted by molar-refractivity contribution is 6.09. The molecule has 0 saturated carbocycles. The van der Waals surface area contributed by atoms with Crippen molar-refractivity contribution in [1.82, 2.24) is 5.48 Å². The van der Waals surface area contributed by atoms with E-state index in [1.165, 1.54) is 5.01 Å². The van der Waals surface area contributed by atoms with E-state index in [0.717, 1.165) is 11.3 Å². The maximum Gasteiger partial charge on any atom is 0.247 e. The minimum atomic E-state index is -0.504. The van der Waals surface area contributed by atoms with Crippen molar-refractivity contribution in [2.75, 3.05) is 12.1 Å². The van der Waals surface area contributed by atoms with Gasteiger partial charge in [0.25, 0.3) is 0 Å². The van der Waals surface area contributed by atoms with Crippen LogP contribution >= 0.6 is 0 Å². The van der Waals surface area contributed by atoms with Gasteiger partial charge in [0.05, 0.1) is 5.69 Å². The zero-order chi connectivity index (χ0) is 16.7. The molecule has 0 spiro atoms. The summed E-state index contributed by atoms with van der Waals surface area (Å²) in [6, 6.07) is 7.03. The van der Waals surface area contributed by atoms with E-state index in [2.05, 4.69) is 0 Å². The molecule has 1 amide bonds. The minimum Gasteiger partial charge on any atom is -0.314 e. The maximum atomic E-state index is 12.4. The van der Waals surface area contributed by atoms with Gasteiger partial charge in [-0.2, -0.15) is 0 Å². The number of hydrogen-bond donors (Lipinski definition) is 3. The summed E-state index contributed by atoms with van der Waals surface area (Å²) >= 11 is 0. The van der Waals surface area contributed by atoms with E-state index in [4.69, 9.17) is 11.0 Å². The zero-order valence-electron chi connectivity index (χ0n) is 13.0. The second-order valence-electron chi connectivity index (χ2n) is 5.00. The number of carbonyl (C=O) groups excluding carboxylic acids is 2. The van der Waals surface area contributed by atoms with Crippen molar-refractivity contribution in [3.05, 3.63) is 53.1 Å². The number of hydroxylamine groups is 1. The lowest BCUT2D eigenvalue weighted by atomic mass is 10.0. The van der Waals surface area contributed by atoms with Crippen LogP contribution in [-0.2, 0) is 4.79 Å². The van der Waals surface area contributed by atoms with Crippen molar-refractivity contribution in [3.8, 4) is 0 Å². The number of nitrogens with two attached hydrogens (primary N) is 1. The molecule has 6 nitrogen and oxygen atoms in total.